The molecule has 10 heteroatoms. The van der Waals surface area contributed by atoms with Crippen molar-refractivity contribution < 1.29 is 4.79 Å². The number of hydrogen-bond donors (Lipinski definition) is 1. The fourth-order valence-corrected chi connectivity index (χ4v) is 5.34. The maximum atomic E-state index is 13.4. The summed E-state index contributed by atoms with van der Waals surface area (Å²) in [5.74, 6) is 1.13. The SMILES string of the molecule is Cc1nc(NC(=O)c2cc(C3CC3)nc3c2c(C)nn3-c2ccccn2)sc1SCC#N. The van der Waals surface area contributed by atoms with Gasteiger partial charge in [-0.2, -0.15) is 15.0 Å². The van der Waals surface area contributed by atoms with Crippen LogP contribution in [0.15, 0.2) is 34.7 Å². The number of nitrogens with one attached hydrogen (secondary N) is 1. The van der Waals surface area contributed by atoms with Gasteiger partial charge in [-0.25, -0.2) is 15.0 Å². The molecule has 4 aromatic rings. The number of anilines is 1. The molecule has 160 valence electrons. The monoisotopic (exact) mass is 461 g/mol. The minimum absolute atomic E-state index is 0.242. The Bertz CT molecular complexity index is 1370. The first-order chi connectivity index (χ1) is 15.5. The van der Waals surface area contributed by atoms with Crippen molar-refractivity contribution in [2.24, 2.45) is 0 Å². The van der Waals surface area contributed by atoms with Crippen LogP contribution in [0.5, 0.6) is 0 Å². The molecular formula is C22H19N7OS2. The summed E-state index contributed by atoms with van der Waals surface area (Å²) in [6.45, 7) is 3.75. The van der Waals surface area contributed by atoms with Crippen LogP contribution in [-0.2, 0) is 0 Å². The maximum Gasteiger partial charge on any atom is 0.258 e. The summed E-state index contributed by atoms with van der Waals surface area (Å²) < 4.78 is 2.64. The van der Waals surface area contributed by atoms with E-state index in [0.29, 0.717) is 44.9 Å². The van der Waals surface area contributed by atoms with Crippen LogP contribution >= 0.6 is 23.1 Å². The Kier molecular flexibility index (Phi) is 5.36. The molecule has 4 aromatic heterocycles. The van der Waals surface area contributed by atoms with E-state index in [9.17, 15) is 4.79 Å². The molecule has 0 saturated heterocycles. The number of thioether (sulfide) groups is 1. The summed E-state index contributed by atoms with van der Waals surface area (Å²) in [4.78, 5) is 27.1. The first kappa shape index (κ1) is 20.6. The van der Waals surface area contributed by atoms with Crippen LogP contribution in [0.4, 0.5) is 5.13 Å². The summed E-state index contributed by atoms with van der Waals surface area (Å²) in [6.07, 6.45) is 3.85. The Labute approximate surface area is 192 Å². The van der Waals surface area contributed by atoms with Crippen molar-refractivity contribution in [1.82, 2.24) is 24.7 Å². The van der Waals surface area contributed by atoms with Crippen molar-refractivity contribution in [2.75, 3.05) is 11.1 Å². The van der Waals surface area contributed by atoms with Gasteiger partial charge in [-0.3, -0.25) is 10.1 Å². The maximum absolute atomic E-state index is 13.4. The molecule has 5 rings (SSSR count). The van der Waals surface area contributed by atoms with Crippen molar-refractivity contribution in [1.29, 1.82) is 5.26 Å². The van der Waals surface area contributed by atoms with E-state index in [2.05, 4.69) is 26.5 Å². The van der Waals surface area contributed by atoms with Crippen LogP contribution in [0.1, 0.15) is 46.2 Å². The van der Waals surface area contributed by atoms with E-state index >= 15 is 0 Å². The largest absolute Gasteiger partial charge is 0.298 e. The number of nitrogens with zero attached hydrogens (tertiary/aromatic N) is 6. The van der Waals surface area contributed by atoms with Gasteiger partial charge < -0.3 is 0 Å². The first-order valence-electron chi connectivity index (χ1n) is 10.2. The molecule has 1 aliphatic carbocycles. The lowest BCUT2D eigenvalue weighted by molar-refractivity contribution is 0.102. The van der Waals surface area contributed by atoms with Gasteiger partial charge in [0.15, 0.2) is 16.6 Å². The smallest absolute Gasteiger partial charge is 0.258 e. The van der Waals surface area contributed by atoms with Gasteiger partial charge in [-0.05, 0) is 44.9 Å². The second kappa shape index (κ2) is 8.33. The molecule has 1 amide bonds. The number of rotatable bonds is 6. The van der Waals surface area contributed by atoms with Gasteiger partial charge in [0.1, 0.15) is 0 Å². The van der Waals surface area contributed by atoms with Gasteiger partial charge in [0.25, 0.3) is 5.91 Å². The molecule has 4 heterocycles. The molecule has 1 saturated carbocycles. The first-order valence-corrected chi connectivity index (χ1v) is 12.0. The van der Waals surface area contributed by atoms with Crippen molar-refractivity contribution in [2.45, 2.75) is 36.8 Å². The quantitative estimate of drug-likeness (QED) is 0.417. The fraction of sp³-hybridized carbons (Fsp3) is 0.273. The zero-order chi connectivity index (χ0) is 22.2. The van der Waals surface area contributed by atoms with E-state index in [1.807, 2.05) is 38.1 Å². The number of aryl methyl sites for hydroxylation is 2. The molecule has 0 atom stereocenters. The number of nitriles is 1. The summed E-state index contributed by atoms with van der Waals surface area (Å²) >= 11 is 2.80. The van der Waals surface area contributed by atoms with E-state index in [1.54, 1.807) is 10.9 Å². The number of thiazole rings is 1. The van der Waals surface area contributed by atoms with Crippen LogP contribution in [0.25, 0.3) is 16.9 Å². The normalized spacial score (nSPS) is 13.3. The predicted molar refractivity (Wildman–Crippen MR) is 125 cm³/mol. The molecule has 1 aliphatic rings. The molecule has 0 aromatic carbocycles. The van der Waals surface area contributed by atoms with Crippen molar-refractivity contribution in [3.05, 3.63) is 53.1 Å². The third-order valence-corrected chi connectivity index (χ3v) is 7.48. The minimum atomic E-state index is -0.242. The Morgan fingerprint density at radius 1 is 1.31 bits per heavy atom. The molecule has 0 aliphatic heterocycles. The molecule has 1 N–H and O–H groups in total. The van der Waals surface area contributed by atoms with Gasteiger partial charge in [-0.1, -0.05) is 29.2 Å². The number of hydrogen-bond acceptors (Lipinski definition) is 8. The van der Waals surface area contributed by atoms with Crippen LogP contribution < -0.4 is 5.32 Å². The standard InChI is InChI=1S/C22H19N7OS2/c1-12-18-15(20(30)27-22-25-13(2)21(32-22)31-10-8-23)11-16(14-6-7-14)26-19(18)29(28-12)17-5-3-4-9-24-17/h3-5,9,11,14H,6-7,10H2,1-2H3,(H,25,27,30). The van der Waals surface area contributed by atoms with Crippen molar-refractivity contribution in [3.63, 3.8) is 0 Å². The van der Waals surface area contributed by atoms with E-state index in [1.165, 1.54) is 23.1 Å². The summed E-state index contributed by atoms with van der Waals surface area (Å²) in [7, 11) is 0. The highest BCUT2D eigenvalue weighted by Gasteiger charge is 2.29. The van der Waals surface area contributed by atoms with Crippen LogP contribution in [0.3, 0.4) is 0 Å². The molecule has 0 radical (unpaired) electrons. The highest BCUT2D eigenvalue weighted by atomic mass is 32.2. The molecule has 0 unspecified atom stereocenters. The van der Waals surface area contributed by atoms with Crippen LogP contribution in [-0.4, -0.2) is 36.4 Å². The summed E-state index contributed by atoms with van der Waals surface area (Å²) in [6, 6.07) is 9.63. The average Bonchev–Trinajstić information content (AvgIpc) is 3.52. The third-order valence-electron chi connectivity index (χ3n) is 5.18. The lowest BCUT2D eigenvalue weighted by Gasteiger charge is -2.08. The lowest BCUT2D eigenvalue weighted by atomic mass is 10.1. The number of amides is 1. The lowest BCUT2D eigenvalue weighted by Crippen LogP contribution is -2.13. The second-order valence-corrected chi connectivity index (χ2v) is 9.79. The summed E-state index contributed by atoms with van der Waals surface area (Å²) in [5.41, 5.74) is 3.60. The molecule has 0 spiro atoms. The van der Waals surface area contributed by atoms with E-state index in [0.717, 1.165) is 28.4 Å². The molecule has 8 nitrogen and oxygen atoms in total. The van der Waals surface area contributed by atoms with E-state index in [-0.39, 0.29) is 5.91 Å². The molecular weight excluding hydrogens is 442 g/mol. The zero-order valence-corrected chi connectivity index (χ0v) is 19.1. The molecule has 1 fully saturated rings. The number of pyridine rings is 2. The Morgan fingerprint density at radius 3 is 2.88 bits per heavy atom. The van der Waals surface area contributed by atoms with Gasteiger partial charge in [0.05, 0.1) is 38.4 Å². The number of fused-ring (bicyclic) bond motifs is 1. The number of aromatic nitrogens is 5. The van der Waals surface area contributed by atoms with Crippen LogP contribution in [0, 0.1) is 25.2 Å². The zero-order valence-electron chi connectivity index (χ0n) is 17.5. The van der Waals surface area contributed by atoms with Crippen molar-refractivity contribution in [3.8, 4) is 11.9 Å². The molecule has 32 heavy (non-hydrogen) atoms. The van der Waals surface area contributed by atoms with Crippen LogP contribution in [0.2, 0.25) is 0 Å². The van der Waals surface area contributed by atoms with Gasteiger partial charge in [0, 0.05) is 17.8 Å². The third kappa shape index (κ3) is 3.85. The number of carbonyl (C=O) groups is 1. The Morgan fingerprint density at radius 2 is 2.16 bits per heavy atom. The van der Waals surface area contributed by atoms with Gasteiger partial charge >= 0.3 is 0 Å². The highest BCUT2D eigenvalue weighted by Crippen LogP contribution is 2.41. The van der Waals surface area contributed by atoms with Gasteiger partial charge in [-0.15, -0.1) is 0 Å². The number of carbonyl (C=O) groups excluding carboxylic acids is 1. The van der Waals surface area contributed by atoms with Gasteiger partial charge in [0.2, 0.25) is 0 Å². The minimum Gasteiger partial charge on any atom is -0.298 e. The fourth-order valence-electron chi connectivity index (χ4n) is 3.55. The van der Waals surface area contributed by atoms with E-state index in [4.69, 9.17) is 10.2 Å². The summed E-state index contributed by atoms with van der Waals surface area (Å²) in [5, 5.41) is 17.6. The predicted octanol–water partition coefficient (Wildman–Crippen LogP) is 4.63. The topological polar surface area (TPSA) is 109 Å². The Balaban J connectivity index is 1.57. The Hall–Kier alpha value is -3.29. The van der Waals surface area contributed by atoms with E-state index < -0.39 is 0 Å². The highest BCUT2D eigenvalue weighted by molar-refractivity contribution is 8.01. The average molecular weight is 462 g/mol. The molecule has 0 bridgehead atoms. The second-order valence-electron chi connectivity index (χ2n) is 7.55. The van der Waals surface area contributed by atoms with Crippen molar-refractivity contribution >= 4 is 45.2 Å².